The molecule has 23 heavy (non-hydrogen) atoms. The van der Waals surface area contributed by atoms with Crippen LogP contribution in [0.5, 0.6) is 0 Å². The van der Waals surface area contributed by atoms with Crippen molar-refractivity contribution in [3.8, 4) is 0 Å². The highest BCUT2D eigenvalue weighted by molar-refractivity contribution is 5.78. The summed E-state index contributed by atoms with van der Waals surface area (Å²) in [7, 11) is 0. The molecule has 6 heteroatoms. The van der Waals surface area contributed by atoms with Gasteiger partial charge in [0.25, 0.3) is 0 Å². The van der Waals surface area contributed by atoms with Crippen LogP contribution < -0.4 is 10.7 Å². The van der Waals surface area contributed by atoms with Crippen molar-refractivity contribution < 1.29 is 9.18 Å². The molecule has 0 aliphatic carbocycles. The topological polar surface area (TPSA) is 65.2 Å². The number of nitrogens with one attached hydrogen (secondary N) is 2. The minimum absolute atomic E-state index is 0.178. The monoisotopic (exact) mass is 317 g/mol. The van der Waals surface area contributed by atoms with Gasteiger partial charge in [0.1, 0.15) is 5.82 Å². The lowest BCUT2D eigenvalue weighted by Gasteiger charge is -2.15. The van der Waals surface area contributed by atoms with Crippen molar-refractivity contribution >= 4 is 16.8 Å². The fourth-order valence-corrected chi connectivity index (χ4v) is 2.91. The van der Waals surface area contributed by atoms with Crippen LogP contribution in [0, 0.1) is 5.82 Å². The zero-order valence-corrected chi connectivity index (χ0v) is 12.9. The third-order valence-electron chi connectivity index (χ3n) is 4.14. The first-order chi connectivity index (χ1) is 11.1. The number of carbonyl (C=O) groups is 1. The van der Waals surface area contributed by atoms with Crippen molar-refractivity contribution in [2.45, 2.75) is 25.8 Å². The maximum absolute atomic E-state index is 13.2. The number of pyridine rings is 1. The van der Waals surface area contributed by atoms with E-state index in [0.717, 1.165) is 31.6 Å². The van der Waals surface area contributed by atoms with Gasteiger partial charge in [-0.3, -0.25) is 9.59 Å². The second kappa shape index (κ2) is 6.91. The number of amides is 1. The second-order valence-corrected chi connectivity index (χ2v) is 5.86. The lowest BCUT2D eigenvalue weighted by atomic mass is 10.2. The van der Waals surface area contributed by atoms with E-state index in [9.17, 15) is 14.0 Å². The number of rotatable bonds is 5. The number of hydrogen-bond acceptors (Lipinski definition) is 3. The summed E-state index contributed by atoms with van der Waals surface area (Å²) in [5.74, 6) is -0.244. The van der Waals surface area contributed by atoms with E-state index in [1.165, 1.54) is 18.2 Å². The molecule has 0 atom stereocenters. The fourth-order valence-electron chi connectivity index (χ4n) is 2.91. The smallest absolute Gasteiger partial charge is 0.223 e. The third-order valence-corrected chi connectivity index (χ3v) is 4.14. The molecule has 1 aromatic heterocycles. The fraction of sp³-hybridized carbons (Fsp3) is 0.412. The molecule has 0 spiro atoms. The Morgan fingerprint density at radius 3 is 2.83 bits per heavy atom. The van der Waals surface area contributed by atoms with Crippen LogP contribution in [0.3, 0.4) is 0 Å². The molecule has 2 heterocycles. The molecule has 2 aromatic rings. The Bertz CT molecular complexity index is 766. The molecule has 1 fully saturated rings. The lowest BCUT2D eigenvalue weighted by Crippen LogP contribution is -2.30. The van der Waals surface area contributed by atoms with E-state index in [0.29, 0.717) is 30.4 Å². The Hall–Kier alpha value is -2.21. The normalized spacial score (nSPS) is 14.6. The highest BCUT2D eigenvalue weighted by Crippen LogP contribution is 2.10. The van der Waals surface area contributed by atoms with Crippen LogP contribution in [-0.4, -0.2) is 35.4 Å². The summed E-state index contributed by atoms with van der Waals surface area (Å²) in [5.41, 5.74) is 1.13. The van der Waals surface area contributed by atoms with Crippen LogP contribution >= 0.6 is 0 Å². The summed E-state index contributed by atoms with van der Waals surface area (Å²) in [6.45, 7) is 2.77. The second-order valence-electron chi connectivity index (χ2n) is 5.86. The van der Waals surface area contributed by atoms with Crippen LogP contribution in [0.25, 0.3) is 10.9 Å². The average molecular weight is 317 g/mol. The number of nitrogens with zero attached hydrogens (tertiary/aromatic N) is 1. The number of hydrogen-bond donors (Lipinski definition) is 2. The van der Waals surface area contributed by atoms with Gasteiger partial charge in [0.05, 0.1) is 0 Å². The molecule has 2 N–H and O–H groups in total. The molecule has 5 nitrogen and oxygen atoms in total. The standard InChI is InChI=1S/C17H20FN3O2/c18-12-3-4-15-14(9-12)16(22)10-13(20-15)11-19-6-5-17(23)21-7-1-2-8-21/h3-4,9-10,19H,1-2,5-8,11H2,(H,20,22). The van der Waals surface area contributed by atoms with Crippen molar-refractivity contribution in [3.63, 3.8) is 0 Å². The maximum Gasteiger partial charge on any atom is 0.223 e. The van der Waals surface area contributed by atoms with Gasteiger partial charge in [-0.05, 0) is 31.0 Å². The molecular weight excluding hydrogens is 297 g/mol. The molecule has 122 valence electrons. The van der Waals surface area contributed by atoms with Crippen LogP contribution in [0.15, 0.2) is 29.1 Å². The van der Waals surface area contributed by atoms with E-state index in [1.807, 2.05) is 4.90 Å². The number of fused-ring (bicyclic) bond motifs is 1. The van der Waals surface area contributed by atoms with E-state index < -0.39 is 5.82 Å². The van der Waals surface area contributed by atoms with Gasteiger partial charge in [-0.1, -0.05) is 0 Å². The minimum Gasteiger partial charge on any atom is -0.357 e. The number of benzene rings is 1. The maximum atomic E-state index is 13.2. The number of aromatic nitrogens is 1. The summed E-state index contributed by atoms with van der Waals surface area (Å²) in [6, 6.07) is 5.59. The summed E-state index contributed by atoms with van der Waals surface area (Å²) in [4.78, 5) is 28.9. The van der Waals surface area contributed by atoms with Gasteiger partial charge in [0.15, 0.2) is 5.43 Å². The Kier molecular flexibility index (Phi) is 4.71. The Labute approximate surface area is 133 Å². The number of aromatic amines is 1. The molecule has 0 radical (unpaired) electrons. The van der Waals surface area contributed by atoms with E-state index in [4.69, 9.17) is 0 Å². The summed E-state index contributed by atoms with van der Waals surface area (Å²) in [6.07, 6.45) is 2.65. The number of H-pyrrole nitrogens is 1. The van der Waals surface area contributed by atoms with Crippen molar-refractivity contribution in [1.82, 2.24) is 15.2 Å². The van der Waals surface area contributed by atoms with Crippen LogP contribution in [0.4, 0.5) is 4.39 Å². The highest BCUT2D eigenvalue weighted by atomic mass is 19.1. The Balaban J connectivity index is 1.56. The van der Waals surface area contributed by atoms with Crippen molar-refractivity contribution in [3.05, 3.63) is 46.0 Å². The summed E-state index contributed by atoms with van der Waals surface area (Å²) < 4.78 is 13.2. The van der Waals surface area contributed by atoms with Crippen molar-refractivity contribution in [2.24, 2.45) is 0 Å². The Morgan fingerprint density at radius 2 is 2.04 bits per heavy atom. The first kappa shape index (κ1) is 15.7. The predicted molar refractivity (Wildman–Crippen MR) is 86.7 cm³/mol. The zero-order chi connectivity index (χ0) is 16.2. The van der Waals surface area contributed by atoms with Crippen LogP contribution in [0.1, 0.15) is 25.0 Å². The number of likely N-dealkylation sites (tertiary alicyclic amines) is 1. The third kappa shape index (κ3) is 3.76. The average Bonchev–Trinajstić information content (AvgIpc) is 3.07. The van der Waals surface area contributed by atoms with Gasteiger partial charge in [0, 0.05) is 55.3 Å². The van der Waals surface area contributed by atoms with Crippen LogP contribution in [0.2, 0.25) is 0 Å². The van der Waals surface area contributed by atoms with Gasteiger partial charge in [-0.15, -0.1) is 0 Å². The van der Waals surface area contributed by atoms with Gasteiger partial charge in [0.2, 0.25) is 5.91 Å². The summed E-state index contributed by atoms with van der Waals surface area (Å²) >= 11 is 0. The molecule has 1 amide bonds. The Morgan fingerprint density at radius 1 is 1.26 bits per heavy atom. The minimum atomic E-state index is -0.422. The molecule has 1 saturated heterocycles. The molecular formula is C17H20FN3O2. The van der Waals surface area contributed by atoms with E-state index in [1.54, 1.807) is 6.07 Å². The predicted octanol–water partition coefficient (Wildman–Crippen LogP) is 1.77. The van der Waals surface area contributed by atoms with Gasteiger partial charge in [-0.2, -0.15) is 0 Å². The molecule has 1 aliphatic rings. The first-order valence-electron chi connectivity index (χ1n) is 7.93. The largest absolute Gasteiger partial charge is 0.357 e. The van der Waals surface area contributed by atoms with Gasteiger partial charge in [-0.25, -0.2) is 4.39 Å². The number of carbonyl (C=O) groups excluding carboxylic acids is 1. The van der Waals surface area contributed by atoms with E-state index >= 15 is 0 Å². The highest BCUT2D eigenvalue weighted by Gasteiger charge is 2.16. The quantitative estimate of drug-likeness (QED) is 0.826. The van der Waals surface area contributed by atoms with E-state index in [-0.39, 0.29) is 11.3 Å². The van der Waals surface area contributed by atoms with E-state index in [2.05, 4.69) is 10.3 Å². The SMILES string of the molecule is O=C(CCNCc1cc(=O)c2cc(F)ccc2[nH]1)N1CCCC1. The molecule has 3 rings (SSSR count). The van der Waals surface area contributed by atoms with Gasteiger partial charge < -0.3 is 15.2 Å². The zero-order valence-electron chi connectivity index (χ0n) is 12.9. The first-order valence-corrected chi connectivity index (χ1v) is 7.93. The molecule has 0 unspecified atom stereocenters. The molecule has 0 saturated carbocycles. The van der Waals surface area contributed by atoms with Crippen LogP contribution in [-0.2, 0) is 11.3 Å². The summed E-state index contributed by atoms with van der Waals surface area (Å²) in [5, 5.41) is 3.51. The van der Waals surface area contributed by atoms with Crippen molar-refractivity contribution in [1.29, 1.82) is 0 Å². The van der Waals surface area contributed by atoms with Crippen molar-refractivity contribution in [2.75, 3.05) is 19.6 Å². The van der Waals surface area contributed by atoms with Gasteiger partial charge >= 0.3 is 0 Å². The molecule has 0 bridgehead atoms. The molecule has 1 aromatic carbocycles. The lowest BCUT2D eigenvalue weighted by molar-refractivity contribution is -0.130. The number of halogens is 1. The molecule has 1 aliphatic heterocycles.